The van der Waals surface area contributed by atoms with Crippen LogP contribution in [0.15, 0.2) is 94.6 Å². The van der Waals surface area contributed by atoms with Crippen molar-refractivity contribution >= 4 is 28.1 Å². The highest BCUT2D eigenvalue weighted by molar-refractivity contribution is 5.84. The zero-order valence-corrected chi connectivity index (χ0v) is 23.4. The van der Waals surface area contributed by atoms with Crippen LogP contribution in [0, 0.1) is 0 Å². The van der Waals surface area contributed by atoms with Gasteiger partial charge in [-0.1, -0.05) is 35.5 Å². The first kappa shape index (κ1) is 26.9. The SMILES string of the molecule is CC(C)n1c2cc(Nc3cc(N[C@H](CO)c4ccccc4)c(-c4nc(-c5cccnc5)no4)cn3)ccc2c(=O)n1C. The van der Waals surface area contributed by atoms with E-state index in [9.17, 15) is 9.90 Å². The number of hydrogen-bond acceptors (Lipinski definition) is 9. The summed E-state index contributed by atoms with van der Waals surface area (Å²) in [6.07, 6.45) is 4.99. The maximum atomic E-state index is 12.7. The van der Waals surface area contributed by atoms with Crippen LogP contribution in [-0.2, 0) is 7.05 Å². The number of nitrogens with zero attached hydrogens (tertiary/aromatic N) is 6. The van der Waals surface area contributed by atoms with Crippen LogP contribution in [0.5, 0.6) is 0 Å². The van der Waals surface area contributed by atoms with E-state index in [1.807, 2.05) is 79.2 Å². The van der Waals surface area contributed by atoms with Crippen LogP contribution in [0.3, 0.4) is 0 Å². The topological polar surface area (TPSA) is 136 Å². The Morgan fingerprint density at radius 3 is 2.60 bits per heavy atom. The monoisotopic (exact) mass is 562 g/mol. The molecule has 6 aromatic rings. The summed E-state index contributed by atoms with van der Waals surface area (Å²) in [5.74, 6) is 1.22. The van der Waals surface area contributed by atoms with Crippen LogP contribution >= 0.6 is 0 Å². The maximum absolute atomic E-state index is 12.7. The molecule has 0 fully saturated rings. The molecule has 0 bridgehead atoms. The highest BCUT2D eigenvalue weighted by atomic mass is 16.5. The number of aliphatic hydroxyl groups is 1. The summed E-state index contributed by atoms with van der Waals surface area (Å²) in [5, 5.41) is 21.9. The molecule has 4 heterocycles. The van der Waals surface area contributed by atoms with Crippen molar-refractivity contribution in [2.45, 2.75) is 25.9 Å². The van der Waals surface area contributed by atoms with E-state index in [4.69, 9.17) is 4.52 Å². The van der Waals surface area contributed by atoms with E-state index in [-0.39, 0.29) is 24.1 Å². The Hall–Kier alpha value is -5.29. The van der Waals surface area contributed by atoms with Crippen molar-refractivity contribution in [3.63, 3.8) is 0 Å². The van der Waals surface area contributed by atoms with Gasteiger partial charge in [0.1, 0.15) is 5.82 Å². The summed E-state index contributed by atoms with van der Waals surface area (Å²) in [4.78, 5) is 26.1. The fraction of sp³-hybridized carbons (Fsp3) is 0.194. The van der Waals surface area contributed by atoms with Gasteiger partial charge < -0.3 is 20.3 Å². The third kappa shape index (κ3) is 5.13. The smallest absolute Gasteiger partial charge is 0.274 e. The highest BCUT2D eigenvalue weighted by Crippen LogP contribution is 2.33. The van der Waals surface area contributed by atoms with Gasteiger partial charge in [-0.2, -0.15) is 4.98 Å². The summed E-state index contributed by atoms with van der Waals surface area (Å²) < 4.78 is 9.24. The standard InChI is InChI=1S/C31H30N8O3/c1-19(2)39-27-14-22(11-12-23(27)31(41)38(39)3)34-28-15-25(35-26(18-40)20-8-5-4-6-9-20)24(17-33-28)30-36-29(37-42-30)21-10-7-13-32-16-21/h4-17,19,26,40H,18H2,1-3H3,(H2,33,34,35)/t26-/m1/s1. The van der Waals surface area contributed by atoms with Gasteiger partial charge in [0.25, 0.3) is 11.4 Å². The van der Waals surface area contributed by atoms with Crippen LogP contribution < -0.4 is 16.2 Å². The highest BCUT2D eigenvalue weighted by Gasteiger charge is 2.20. The van der Waals surface area contributed by atoms with E-state index in [1.165, 1.54) is 0 Å². The fourth-order valence-corrected chi connectivity index (χ4v) is 5.05. The van der Waals surface area contributed by atoms with Crippen molar-refractivity contribution in [1.29, 1.82) is 0 Å². The van der Waals surface area contributed by atoms with Crippen LogP contribution in [0.4, 0.5) is 17.2 Å². The molecule has 0 aliphatic rings. The van der Waals surface area contributed by atoms with Crippen LogP contribution in [0.1, 0.15) is 31.5 Å². The molecule has 212 valence electrons. The van der Waals surface area contributed by atoms with Crippen molar-refractivity contribution < 1.29 is 9.63 Å². The predicted octanol–water partition coefficient (Wildman–Crippen LogP) is 5.32. The molecule has 0 amide bonds. The van der Waals surface area contributed by atoms with Crippen molar-refractivity contribution in [2.75, 3.05) is 17.2 Å². The van der Waals surface area contributed by atoms with Gasteiger partial charge >= 0.3 is 0 Å². The molecule has 11 heteroatoms. The molecule has 6 rings (SSSR count). The third-order valence-corrected chi connectivity index (χ3v) is 7.05. The normalized spacial score (nSPS) is 12.1. The Balaban J connectivity index is 1.39. The van der Waals surface area contributed by atoms with E-state index in [0.717, 1.165) is 22.3 Å². The average Bonchev–Trinajstić information content (AvgIpc) is 3.60. The molecular weight excluding hydrogens is 532 g/mol. The van der Waals surface area contributed by atoms with Gasteiger partial charge in [-0.05, 0) is 49.7 Å². The van der Waals surface area contributed by atoms with Gasteiger partial charge in [-0.25, -0.2) is 4.98 Å². The first-order chi connectivity index (χ1) is 20.4. The van der Waals surface area contributed by atoms with Gasteiger partial charge in [0.15, 0.2) is 0 Å². The minimum Gasteiger partial charge on any atom is -0.394 e. The molecule has 2 aromatic carbocycles. The number of fused-ring (bicyclic) bond motifs is 1. The lowest BCUT2D eigenvalue weighted by atomic mass is 10.1. The Morgan fingerprint density at radius 2 is 1.86 bits per heavy atom. The molecule has 1 atom stereocenters. The van der Waals surface area contributed by atoms with Crippen molar-refractivity contribution in [2.24, 2.45) is 7.05 Å². The summed E-state index contributed by atoms with van der Waals surface area (Å²) in [7, 11) is 1.77. The Labute approximate surface area is 241 Å². The van der Waals surface area contributed by atoms with Gasteiger partial charge in [-0.15, -0.1) is 0 Å². The summed E-state index contributed by atoms with van der Waals surface area (Å²) in [6, 6.07) is 20.5. The van der Waals surface area contributed by atoms with E-state index in [0.29, 0.717) is 28.3 Å². The van der Waals surface area contributed by atoms with Crippen LogP contribution in [0.25, 0.3) is 33.7 Å². The van der Waals surface area contributed by atoms with E-state index in [1.54, 1.807) is 36.4 Å². The fourth-order valence-electron chi connectivity index (χ4n) is 5.05. The van der Waals surface area contributed by atoms with Crippen molar-refractivity contribution in [1.82, 2.24) is 29.5 Å². The number of aliphatic hydroxyl groups excluding tert-OH is 1. The Morgan fingerprint density at radius 1 is 1.02 bits per heavy atom. The molecule has 0 aliphatic heterocycles. The minimum absolute atomic E-state index is 0.0413. The molecule has 0 saturated carbocycles. The lowest BCUT2D eigenvalue weighted by Crippen LogP contribution is -2.20. The molecule has 4 aromatic heterocycles. The van der Waals surface area contributed by atoms with Gasteiger partial charge in [0.2, 0.25) is 5.82 Å². The zero-order valence-electron chi connectivity index (χ0n) is 23.4. The summed E-state index contributed by atoms with van der Waals surface area (Å²) >= 11 is 0. The largest absolute Gasteiger partial charge is 0.394 e. The third-order valence-electron chi connectivity index (χ3n) is 7.05. The quantitative estimate of drug-likeness (QED) is 0.214. The van der Waals surface area contributed by atoms with E-state index in [2.05, 4.69) is 30.7 Å². The second-order valence-electron chi connectivity index (χ2n) is 10.2. The first-order valence-corrected chi connectivity index (χ1v) is 13.6. The van der Waals surface area contributed by atoms with Gasteiger partial charge in [-0.3, -0.25) is 19.1 Å². The van der Waals surface area contributed by atoms with Crippen molar-refractivity contribution in [3.8, 4) is 22.8 Å². The lowest BCUT2D eigenvalue weighted by Gasteiger charge is -2.20. The van der Waals surface area contributed by atoms with Crippen LogP contribution in [0.2, 0.25) is 0 Å². The van der Waals surface area contributed by atoms with Crippen molar-refractivity contribution in [3.05, 3.63) is 101 Å². The zero-order chi connectivity index (χ0) is 29.2. The average molecular weight is 563 g/mol. The molecule has 0 aliphatic carbocycles. The lowest BCUT2D eigenvalue weighted by molar-refractivity contribution is 0.276. The van der Waals surface area contributed by atoms with Crippen LogP contribution in [-0.4, -0.2) is 41.2 Å². The summed E-state index contributed by atoms with van der Waals surface area (Å²) in [5.41, 5.74) is 4.41. The second-order valence-corrected chi connectivity index (χ2v) is 10.2. The number of nitrogens with one attached hydrogen (secondary N) is 2. The number of aromatic nitrogens is 6. The minimum atomic E-state index is -0.401. The number of hydrogen-bond donors (Lipinski definition) is 3. The number of benzene rings is 2. The Bertz CT molecular complexity index is 1890. The van der Waals surface area contributed by atoms with Gasteiger partial charge in [0, 0.05) is 49.0 Å². The molecule has 0 radical (unpaired) electrons. The Kier molecular flexibility index (Phi) is 7.24. The van der Waals surface area contributed by atoms with E-state index < -0.39 is 6.04 Å². The molecule has 42 heavy (non-hydrogen) atoms. The maximum Gasteiger partial charge on any atom is 0.274 e. The van der Waals surface area contributed by atoms with Gasteiger partial charge in [0.05, 0.1) is 34.8 Å². The molecular formula is C31H30N8O3. The molecule has 0 unspecified atom stereocenters. The molecule has 0 saturated heterocycles. The molecule has 11 nitrogen and oxygen atoms in total. The number of rotatable bonds is 9. The second kappa shape index (κ2) is 11.3. The summed E-state index contributed by atoms with van der Waals surface area (Å²) in [6.45, 7) is 3.94. The predicted molar refractivity (Wildman–Crippen MR) is 161 cm³/mol. The first-order valence-electron chi connectivity index (χ1n) is 13.6. The number of pyridine rings is 2. The molecule has 0 spiro atoms. The van der Waals surface area contributed by atoms with E-state index >= 15 is 0 Å². The number of anilines is 3. The molecule has 3 N–H and O–H groups in total.